The first-order chi connectivity index (χ1) is 12.2. The second-order valence-corrected chi connectivity index (χ2v) is 6.14. The van der Waals surface area contributed by atoms with Gasteiger partial charge in [0.05, 0.1) is 0 Å². The van der Waals surface area contributed by atoms with Crippen LogP contribution in [0.15, 0.2) is 42.7 Å². The fraction of sp³-hybridized carbons (Fsp3) is 0.278. The molecular weight excluding hydrogens is 322 g/mol. The van der Waals surface area contributed by atoms with E-state index in [1.165, 1.54) is 0 Å². The van der Waals surface area contributed by atoms with Crippen LogP contribution in [0.5, 0.6) is 11.5 Å². The van der Waals surface area contributed by atoms with Gasteiger partial charge in [0.25, 0.3) is 0 Å². The van der Waals surface area contributed by atoms with Crippen molar-refractivity contribution in [2.45, 2.75) is 19.4 Å². The lowest BCUT2D eigenvalue weighted by molar-refractivity contribution is -0.134. The summed E-state index contributed by atoms with van der Waals surface area (Å²) >= 11 is 0. The third-order valence-electron chi connectivity index (χ3n) is 4.45. The Balaban J connectivity index is 1.40. The van der Waals surface area contributed by atoms with Crippen molar-refractivity contribution in [2.75, 3.05) is 12.1 Å². The van der Waals surface area contributed by atoms with Crippen molar-refractivity contribution in [3.05, 3.63) is 48.3 Å². The molecule has 0 bridgehead atoms. The number of nitrogens with one attached hydrogen (secondary N) is 2. The van der Waals surface area contributed by atoms with Gasteiger partial charge in [0.1, 0.15) is 5.41 Å². The van der Waals surface area contributed by atoms with Crippen LogP contribution < -0.4 is 20.1 Å². The van der Waals surface area contributed by atoms with Crippen LogP contribution in [0.25, 0.3) is 0 Å². The minimum absolute atomic E-state index is 0.175. The second kappa shape index (κ2) is 6.08. The summed E-state index contributed by atoms with van der Waals surface area (Å²) in [6.45, 7) is 0.550. The predicted octanol–water partition coefficient (Wildman–Crippen LogP) is 1.85. The molecule has 0 atom stereocenters. The zero-order valence-corrected chi connectivity index (χ0v) is 13.5. The van der Waals surface area contributed by atoms with Crippen molar-refractivity contribution in [3.63, 3.8) is 0 Å². The molecule has 1 aromatic carbocycles. The predicted molar refractivity (Wildman–Crippen MR) is 88.9 cm³/mol. The fourth-order valence-corrected chi connectivity index (χ4v) is 2.76. The smallest absolute Gasteiger partial charge is 0.240 e. The summed E-state index contributed by atoms with van der Waals surface area (Å²) in [6, 6.07) is 8.82. The Morgan fingerprint density at radius 2 is 1.80 bits per heavy atom. The van der Waals surface area contributed by atoms with Crippen molar-refractivity contribution in [3.8, 4) is 11.5 Å². The van der Waals surface area contributed by atoms with Gasteiger partial charge in [-0.2, -0.15) is 0 Å². The lowest BCUT2D eigenvalue weighted by Gasteiger charge is -2.15. The van der Waals surface area contributed by atoms with E-state index >= 15 is 0 Å². The molecular formula is C18H17N3O4. The minimum Gasteiger partial charge on any atom is -0.454 e. The number of aromatic nitrogens is 1. The lowest BCUT2D eigenvalue weighted by Crippen LogP contribution is -2.39. The highest BCUT2D eigenvalue weighted by molar-refractivity contribution is 6.13. The highest BCUT2D eigenvalue weighted by Crippen LogP contribution is 2.47. The van der Waals surface area contributed by atoms with E-state index in [0.29, 0.717) is 36.6 Å². The number of rotatable bonds is 5. The molecule has 1 fully saturated rings. The molecule has 0 unspecified atom stereocenters. The van der Waals surface area contributed by atoms with Gasteiger partial charge >= 0.3 is 0 Å². The van der Waals surface area contributed by atoms with Crippen molar-refractivity contribution >= 4 is 17.5 Å². The van der Waals surface area contributed by atoms with E-state index in [4.69, 9.17) is 9.47 Å². The van der Waals surface area contributed by atoms with Gasteiger partial charge in [0.15, 0.2) is 11.5 Å². The summed E-state index contributed by atoms with van der Waals surface area (Å²) < 4.78 is 10.5. The quantitative estimate of drug-likeness (QED) is 0.812. The zero-order chi connectivity index (χ0) is 17.3. The Morgan fingerprint density at radius 1 is 1.04 bits per heavy atom. The number of amides is 2. The Bertz CT molecular complexity index is 818. The summed E-state index contributed by atoms with van der Waals surface area (Å²) in [5.74, 6) is 0.695. The SMILES string of the molecule is O=C(NCc1ccncc1)C1(C(=O)Nc2ccc3c(c2)OCO3)CC1. The van der Waals surface area contributed by atoms with Crippen molar-refractivity contribution < 1.29 is 19.1 Å². The molecule has 2 N–H and O–H groups in total. The molecule has 1 aliphatic carbocycles. The van der Waals surface area contributed by atoms with Gasteiger partial charge in [0, 0.05) is 30.7 Å². The molecule has 128 valence electrons. The monoisotopic (exact) mass is 339 g/mol. The van der Waals surface area contributed by atoms with Crippen LogP contribution in [0.3, 0.4) is 0 Å². The standard InChI is InChI=1S/C18H17N3O4/c22-16(20-10-12-3-7-19-8-4-12)18(5-6-18)17(23)21-13-1-2-14-15(9-13)25-11-24-14/h1-4,7-9H,5-6,10-11H2,(H,20,22)(H,21,23). The van der Waals surface area contributed by atoms with Crippen LogP contribution in [0.1, 0.15) is 18.4 Å². The molecule has 2 aromatic rings. The minimum atomic E-state index is -0.983. The second-order valence-electron chi connectivity index (χ2n) is 6.14. The van der Waals surface area contributed by atoms with Gasteiger partial charge < -0.3 is 20.1 Å². The molecule has 2 amide bonds. The van der Waals surface area contributed by atoms with Crippen LogP contribution in [0, 0.1) is 5.41 Å². The van der Waals surface area contributed by atoms with Crippen LogP contribution in [0.2, 0.25) is 0 Å². The number of nitrogens with zero attached hydrogens (tertiary/aromatic N) is 1. The Labute approximate surface area is 144 Å². The van der Waals surface area contributed by atoms with Crippen LogP contribution in [-0.2, 0) is 16.1 Å². The maximum atomic E-state index is 12.6. The van der Waals surface area contributed by atoms with E-state index in [1.54, 1.807) is 30.6 Å². The van der Waals surface area contributed by atoms with E-state index in [-0.39, 0.29) is 18.6 Å². The van der Waals surface area contributed by atoms with Crippen LogP contribution >= 0.6 is 0 Å². The normalized spacial score (nSPS) is 16.2. The van der Waals surface area contributed by atoms with Crippen LogP contribution in [0.4, 0.5) is 5.69 Å². The molecule has 7 heteroatoms. The molecule has 1 aliphatic heterocycles. The summed E-state index contributed by atoms with van der Waals surface area (Å²) in [5.41, 5.74) is 0.543. The van der Waals surface area contributed by atoms with Crippen molar-refractivity contribution in [1.29, 1.82) is 0 Å². The molecule has 0 radical (unpaired) electrons. The molecule has 2 heterocycles. The third-order valence-corrected chi connectivity index (χ3v) is 4.45. The van der Waals surface area contributed by atoms with Gasteiger partial charge in [0.2, 0.25) is 18.6 Å². The van der Waals surface area contributed by atoms with Gasteiger partial charge in [-0.3, -0.25) is 14.6 Å². The van der Waals surface area contributed by atoms with Crippen molar-refractivity contribution in [1.82, 2.24) is 10.3 Å². The van der Waals surface area contributed by atoms with Crippen LogP contribution in [-0.4, -0.2) is 23.6 Å². The number of hydrogen-bond acceptors (Lipinski definition) is 5. The van der Waals surface area contributed by atoms with E-state index in [1.807, 2.05) is 12.1 Å². The number of carbonyl (C=O) groups excluding carboxylic acids is 2. The maximum absolute atomic E-state index is 12.6. The topological polar surface area (TPSA) is 89.6 Å². The summed E-state index contributed by atoms with van der Waals surface area (Å²) in [6.07, 6.45) is 4.43. The Morgan fingerprint density at radius 3 is 2.56 bits per heavy atom. The van der Waals surface area contributed by atoms with E-state index < -0.39 is 5.41 Å². The summed E-state index contributed by atoms with van der Waals surface area (Å²) in [5, 5.41) is 5.65. The molecule has 25 heavy (non-hydrogen) atoms. The third kappa shape index (κ3) is 3.00. The largest absolute Gasteiger partial charge is 0.454 e. The van der Waals surface area contributed by atoms with Gasteiger partial charge in [-0.25, -0.2) is 0 Å². The summed E-state index contributed by atoms with van der Waals surface area (Å²) in [7, 11) is 0. The molecule has 7 nitrogen and oxygen atoms in total. The highest BCUT2D eigenvalue weighted by atomic mass is 16.7. The van der Waals surface area contributed by atoms with E-state index in [2.05, 4.69) is 15.6 Å². The van der Waals surface area contributed by atoms with Gasteiger partial charge in [-0.1, -0.05) is 0 Å². The molecule has 0 spiro atoms. The van der Waals surface area contributed by atoms with Gasteiger partial charge in [-0.15, -0.1) is 0 Å². The number of hydrogen-bond donors (Lipinski definition) is 2. The first kappa shape index (κ1) is 15.4. The maximum Gasteiger partial charge on any atom is 0.240 e. The van der Waals surface area contributed by atoms with Gasteiger partial charge in [-0.05, 0) is 42.7 Å². The highest BCUT2D eigenvalue weighted by Gasteiger charge is 2.56. The number of ether oxygens (including phenoxy) is 2. The average Bonchev–Trinajstić information content (AvgIpc) is 3.33. The number of carbonyl (C=O) groups is 2. The Kier molecular flexibility index (Phi) is 3.76. The summed E-state index contributed by atoms with van der Waals surface area (Å²) in [4.78, 5) is 29.0. The lowest BCUT2D eigenvalue weighted by atomic mass is 10.0. The van der Waals surface area contributed by atoms with E-state index in [0.717, 1.165) is 5.56 Å². The first-order valence-electron chi connectivity index (χ1n) is 8.06. The molecule has 1 aromatic heterocycles. The number of pyridine rings is 1. The zero-order valence-electron chi connectivity index (χ0n) is 13.5. The molecule has 4 rings (SSSR count). The number of fused-ring (bicyclic) bond motifs is 1. The van der Waals surface area contributed by atoms with Crippen molar-refractivity contribution in [2.24, 2.45) is 5.41 Å². The fourth-order valence-electron chi connectivity index (χ4n) is 2.76. The molecule has 1 saturated carbocycles. The number of benzene rings is 1. The molecule has 0 saturated heterocycles. The average molecular weight is 339 g/mol. The van der Waals surface area contributed by atoms with E-state index in [9.17, 15) is 9.59 Å². The first-order valence-corrected chi connectivity index (χ1v) is 8.06. The molecule has 2 aliphatic rings. The Hall–Kier alpha value is -3.09. The number of anilines is 1.